The Kier molecular flexibility index (Phi) is 3.66. The van der Waals surface area contributed by atoms with Gasteiger partial charge in [-0.15, -0.1) is 0 Å². The third-order valence-electron chi connectivity index (χ3n) is 2.78. The molecule has 1 amide bonds. The van der Waals surface area contributed by atoms with Crippen LogP contribution in [0.25, 0.3) is 0 Å². The summed E-state index contributed by atoms with van der Waals surface area (Å²) >= 11 is 0. The Morgan fingerprint density at radius 3 is 2.53 bits per heavy atom. The van der Waals surface area contributed by atoms with Crippen LogP contribution >= 0.6 is 0 Å². The minimum Gasteiger partial charge on any atom is -0.396 e. The Labute approximate surface area is 111 Å². The summed E-state index contributed by atoms with van der Waals surface area (Å²) < 4.78 is 0. The van der Waals surface area contributed by atoms with Crippen LogP contribution in [-0.2, 0) is 6.54 Å². The molecule has 0 radical (unpaired) electrons. The maximum Gasteiger partial charge on any atom is 0.267 e. The van der Waals surface area contributed by atoms with Crippen molar-refractivity contribution in [2.45, 2.75) is 6.54 Å². The number of pyridine rings is 1. The van der Waals surface area contributed by atoms with Crippen molar-refractivity contribution in [3.63, 3.8) is 0 Å². The number of anilines is 2. The van der Waals surface area contributed by atoms with Crippen LogP contribution in [-0.4, -0.2) is 17.9 Å². The second-order valence-electron chi connectivity index (χ2n) is 4.32. The van der Waals surface area contributed by atoms with Crippen LogP contribution in [0, 0.1) is 0 Å². The molecule has 1 aromatic carbocycles. The molecule has 0 saturated carbocycles. The van der Waals surface area contributed by atoms with Gasteiger partial charge in [0, 0.05) is 13.6 Å². The molecule has 0 aliphatic heterocycles. The number of hydrogen-bond acceptors (Lipinski definition) is 4. The standard InChI is InChI=1S/C14H16N4O/c1-18(9-10-5-3-2-4-6-10)14-11(15)7-8-12(17-14)13(16)19/h2-8H,9,15H2,1H3,(H2,16,19). The first kappa shape index (κ1) is 12.9. The first-order chi connectivity index (χ1) is 9.08. The molecule has 5 nitrogen and oxygen atoms in total. The predicted molar refractivity (Wildman–Crippen MR) is 75.7 cm³/mol. The average Bonchev–Trinajstić information content (AvgIpc) is 2.40. The highest BCUT2D eigenvalue weighted by atomic mass is 16.1. The number of benzene rings is 1. The van der Waals surface area contributed by atoms with Crippen LogP contribution in [0.5, 0.6) is 0 Å². The molecule has 19 heavy (non-hydrogen) atoms. The van der Waals surface area contributed by atoms with Crippen LogP contribution in [0.1, 0.15) is 16.1 Å². The summed E-state index contributed by atoms with van der Waals surface area (Å²) in [6.45, 7) is 0.653. The van der Waals surface area contributed by atoms with Crippen molar-refractivity contribution >= 4 is 17.4 Å². The zero-order valence-corrected chi connectivity index (χ0v) is 10.7. The maximum absolute atomic E-state index is 11.1. The van der Waals surface area contributed by atoms with Gasteiger partial charge in [0.2, 0.25) is 0 Å². The van der Waals surface area contributed by atoms with Crippen molar-refractivity contribution in [1.82, 2.24) is 4.98 Å². The van der Waals surface area contributed by atoms with E-state index in [-0.39, 0.29) is 5.69 Å². The lowest BCUT2D eigenvalue weighted by atomic mass is 10.2. The highest BCUT2D eigenvalue weighted by molar-refractivity contribution is 5.91. The molecule has 2 aromatic rings. The molecule has 0 bridgehead atoms. The van der Waals surface area contributed by atoms with E-state index >= 15 is 0 Å². The molecule has 0 fully saturated rings. The predicted octanol–water partition coefficient (Wildman–Crippen LogP) is 1.40. The van der Waals surface area contributed by atoms with Gasteiger partial charge in [-0.3, -0.25) is 4.79 Å². The summed E-state index contributed by atoms with van der Waals surface area (Å²) in [5.41, 5.74) is 13.0. The molecular formula is C14H16N4O. The molecule has 0 saturated heterocycles. The number of nitrogens with two attached hydrogens (primary N) is 2. The van der Waals surface area contributed by atoms with Crippen LogP contribution in [0.15, 0.2) is 42.5 Å². The van der Waals surface area contributed by atoms with Crippen LogP contribution in [0.4, 0.5) is 11.5 Å². The summed E-state index contributed by atoms with van der Waals surface area (Å²) in [7, 11) is 1.87. The Morgan fingerprint density at radius 1 is 1.21 bits per heavy atom. The number of hydrogen-bond donors (Lipinski definition) is 2. The van der Waals surface area contributed by atoms with E-state index in [9.17, 15) is 4.79 Å². The van der Waals surface area contributed by atoms with E-state index in [1.54, 1.807) is 6.07 Å². The minimum atomic E-state index is -0.561. The first-order valence-electron chi connectivity index (χ1n) is 5.89. The fourth-order valence-corrected chi connectivity index (χ4v) is 1.83. The highest BCUT2D eigenvalue weighted by Gasteiger charge is 2.11. The quantitative estimate of drug-likeness (QED) is 0.865. The van der Waals surface area contributed by atoms with Gasteiger partial charge in [-0.1, -0.05) is 30.3 Å². The van der Waals surface area contributed by atoms with E-state index in [0.717, 1.165) is 5.56 Å². The van der Waals surface area contributed by atoms with Crippen LogP contribution < -0.4 is 16.4 Å². The number of amides is 1. The van der Waals surface area contributed by atoms with Gasteiger partial charge in [0.05, 0.1) is 5.69 Å². The number of carbonyl (C=O) groups excluding carboxylic acids is 1. The second-order valence-corrected chi connectivity index (χ2v) is 4.32. The van der Waals surface area contributed by atoms with Gasteiger partial charge in [0.15, 0.2) is 5.82 Å². The van der Waals surface area contributed by atoms with Gasteiger partial charge < -0.3 is 16.4 Å². The van der Waals surface area contributed by atoms with Crippen molar-refractivity contribution in [2.75, 3.05) is 17.7 Å². The summed E-state index contributed by atoms with van der Waals surface area (Å²) in [6.07, 6.45) is 0. The normalized spacial score (nSPS) is 10.2. The van der Waals surface area contributed by atoms with Gasteiger partial charge in [0.25, 0.3) is 5.91 Å². The molecule has 4 N–H and O–H groups in total. The third kappa shape index (κ3) is 3.01. The molecule has 0 spiro atoms. The number of aromatic nitrogens is 1. The largest absolute Gasteiger partial charge is 0.396 e. The van der Waals surface area contributed by atoms with E-state index in [1.807, 2.05) is 42.3 Å². The summed E-state index contributed by atoms with van der Waals surface area (Å²) in [4.78, 5) is 17.2. The highest BCUT2D eigenvalue weighted by Crippen LogP contribution is 2.21. The van der Waals surface area contributed by atoms with Gasteiger partial charge in [-0.05, 0) is 17.7 Å². The van der Waals surface area contributed by atoms with E-state index in [0.29, 0.717) is 18.1 Å². The molecule has 0 unspecified atom stereocenters. The Hall–Kier alpha value is -2.56. The van der Waals surface area contributed by atoms with Gasteiger partial charge >= 0.3 is 0 Å². The molecule has 2 rings (SSSR count). The lowest BCUT2D eigenvalue weighted by Crippen LogP contribution is -2.21. The van der Waals surface area contributed by atoms with E-state index in [1.165, 1.54) is 6.07 Å². The van der Waals surface area contributed by atoms with Gasteiger partial charge in [-0.25, -0.2) is 4.98 Å². The molecule has 0 atom stereocenters. The molecule has 1 aromatic heterocycles. The smallest absolute Gasteiger partial charge is 0.267 e. The maximum atomic E-state index is 11.1. The second kappa shape index (κ2) is 5.39. The van der Waals surface area contributed by atoms with Crippen molar-refractivity contribution in [3.8, 4) is 0 Å². The molecule has 1 heterocycles. The number of rotatable bonds is 4. The fraction of sp³-hybridized carbons (Fsp3) is 0.143. The van der Waals surface area contributed by atoms with E-state index < -0.39 is 5.91 Å². The Morgan fingerprint density at radius 2 is 1.89 bits per heavy atom. The van der Waals surface area contributed by atoms with E-state index in [4.69, 9.17) is 11.5 Å². The lowest BCUT2D eigenvalue weighted by Gasteiger charge is -2.20. The minimum absolute atomic E-state index is 0.212. The van der Waals surface area contributed by atoms with Crippen LogP contribution in [0.3, 0.4) is 0 Å². The number of nitrogens with zero attached hydrogens (tertiary/aromatic N) is 2. The summed E-state index contributed by atoms with van der Waals surface area (Å²) in [6, 6.07) is 13.1. The molecule has 0 aliphatic rings. The monoisotopic (exact) mass is 256 g/mol. The molecule has 98 valence electrons. The number of primary amides is 1. The SMILES string of the molecule is CN(Cc1ccccc1)c1nc(C(N)=O)ccc1N. The van der Waals surface area contributed by atoms with Gasteiger partial charge in [0.1, 0.15) is 5.69 Å². The molecule has 0 aliphatic carbocycles. The first-order valence-corrected chi connectivity index (χ1v) is 5.89. The van der Waals surface area contributed by atoms with Crippen molar-refractivity contribution in [1.29, 1.82) is 0 Å². The van der Waals surface area contributed by atoms with Crippen LogP contribution in [0.2, 0.25) is 0 Å². The Balaban J connectivity index is 2.25. The zero-order chi connectivity index (χ0) is 13.8. The number of carbonyl (C=O) groups is 1. The van der Waals surface area contributed by atoms with Crippen molar-refractivity contribution in [3.05, 3.63) is 53.7 Å². The van der Waals surface area contributed by atoms with Gasteiger partial charge in [-0.2, -0.15) is 0 Å². The summed E-state index contributed by atoms with van der Waals surface area (Å²) in [5.74, 6) is -0.00508. The topological polar surface area (TPSA) is 85.2 Å². The zero-order valence-electron chi connectivity index (χ0n) is 10.7. The average molecular weight is 256 g/mol. The van der Waals surface area contributed by atoms with E-state index in [2.05, 4.69) is 4.98 Å². The third-order valence-corrected chi connectivity index (χ3v) is 2.78. The fourth-order valence-electron chi connectivity index (χ4n) is 1.83. The Bertz CT molecular complexity index is 583. The van der Waals surface area contributed by atoms with Crippen molar-refractivity contribution < 1.29 is 4.79 Å². The van der Waals surface area contributed by atoms with Crippen molar-refractivity contribution in [2.24, 2.45) is 5.73 Å². The molecular weight excluding hydrogens is 240 g/mol. The lowest BCUT2D eigenvalue weighted by molar-refractivity contribution is 0.0995. The molecule has 5 heteroatoms. The number of nitrogen functional groups attached to an aromatic ring is 1. The summed E-state index contributed by atoms with van der Waals surface area (Å²) in [5, 5.41) is 0.